The van der Waals surface area contributed by atoms with E-state index < -0.39 is 5.97 Å². The van der Waals surface area contributed by atoms with Crippen molar-refractivity contribution < 1.29 is 9.90 Å². The first-order valence-corrected chi connectivity index (χ1v) is 7.26. The molecule has 0 amide bonds. The van der Waals surface area contributed by atoms with Gasteiger partial charge in [-0.1, -0.05) is 0 Å². The molecule has 0 unspecified atom stereocenters. The number of rotatable bonds is 4. The summed E-state index contributed by atoms with van der Waals surface area (Å²) in [6.45, 7) is 4.06. The van der Waals surface area contributed by atoms with Crippen LogP contribution in [0.3, 0.4) is 0 Å². The van der Waals surface area contributed by atoms with E-state index in [2.05, 4.69) is 28.9 Å². The maximum Gasteiger partial charge on any atom is 0.328 e. The van der Waals surface area contributed by atoms with Gasteiger partial charge in [0.2, 0.25) is 0 Å². The van der Waals surface area contributed by atoms with Crippen molar-refractivity contribution >= 4 is 17.9 Å². The molecular weight excluding hydrogens is 266 g/mol. The molecule has 1 aliphatic heterocycles. The van der Waals surface area contributed by atoms with E-state index in [9.17, 15) is 4.79 Å². The Morgan fingerprint density at radius 2 is 2.10 bits per heavy atom. The lowest BCUT2D eigenvalue weighted by molar-refractivity contribution is -0.131. The monoisotopic (exact) mass is 289 g/mol. The molecule has 1 aromatic heterocycles. The zero-order valence-electron chi connectivity index (χ0n) is 12.9. The van der Waals surface area contributed by atoms with E-state index in [0.29, 0.717) is 6.04 Å². The van der Waals surface area contributed by atoms with Gasteiger partial charge >= 0.3 is 5.97 Å². The average Bonchev–Trinajstić information content (AvgIpc) is 2.45. The standard InChI is InChI=1S/C16H23N3O2/c1-12-10-13(4-5-15(20)21)11-17-16(12)19-8-6-14(7-9-19)18(2)3/h4-5,10-11,14H,6-9H2,1-3H3,(H,20,21)/b5-4+. The predicted molar refractivity (Wildman–Crippen MR) is 84.6 cm³/mol. The Balaban J connectivity index is 2.06. The molecule has 1 aromatic rings. The summed E-state index contributed by atoms with van der Waals surface area (Å²) < 4.78 is 0. The number of anilines is 1. The van der Waals surface area contributed by atoms with E-state index in [0.717, 1.165) is 49.0 Å². The van der Waals surface area contributed by atoms with Crippen molar-refractivity contribution in [3.63, 3.8) is 0 Å². The third-order valence-electron chi connectivity index (χ3n) is 3.98. The molecule has 1 saturated heterocycles. The largest absolute Gasteiger partial charge is 0.478 e. The molecule has 0 spiro atoms. The van der Waals surface area contributed by atoms with Crippen LogP contribution in [0.2, 0.25) is 0 Å². The topological polar surface area (TPSA) is 56.7 Å². The Labute approximate surface area is 125 Å². The molecular formula is C16H23N3O2. The molecule has 5 nitrogen and oxygen atoms in total. The first-order valence-electron chi connectivity index (χ1n) is 7.26. The minimum atomic E-state index is -0.942. The molecule has 1 aliphatic rings. The SMILES string of the molecule is Cc1cc(/C=C/C(=O)O)cnc1N1CCC(N(C)C)CC1. The molecule has 0 aliphatic carbocycles. The maximum atomic E-state index is 10.5. The van der Waals surface area contributed by atoms with Crippen LogP contribution in [-0.4, -0.2) is 54.2 Å². The predicted octanol–water partition coefficient (Wildman–Crippen LogP) is 2.02. The number of aromatic nitrogens is 1. The molecule has 1 N–H and O–H groups in total. The van der Waals surface area contributed by atoms with Gasteiger partial charge in [-0.2, -0.15) is 0 Å². The molecule has 1 fully saturated rings. The summed E-state index contributed by atoms with van der Waals surface area (Å²) in [5.41, 5.74) is 1.91. The third-order valence-corrected chi connectivity index (χ3v) is 3.98. The second kappa shape index (κ2) is 6.72. The van der Waals surface area contributed by atoms with E-state index in [-0.39, 0.29) is 0 Å². The van der Waals surface area contributed by atoms with Gasteiger partial charge in [-0.15, -0.1) is 0 Å². The lowest BCUT2D eigenvalue weighted by atomic mass is 10.0. The number of pyridine rings is 1. The number of nitrogens with zero attached hydrogens (tertiary/aromatic N) is 3. The number of carboxylic acid groups (broad SMARTS) is 1. The zero-order valence-corrected chi connectivity index (χ0v) is 12.9. The van der Waals surface area contributed by atoms with Crippen molar-refractivity contribution in [2.45, 2.75) is 25.8 Å². The first-order chi connectivity index (χ1) is 9.97. The van der Waals surface area contributed by atoms with Crippen LogP contribution in [0.15, 0.2) is 18.3 Å². The van der Waals surface area contributed by atoms with Gasteiger partial charge in [0.05, 0.1) is 0 Å². The highest BCUT2D eigenvalue weighted by atomic mass is 16.4. The number of aliphatic carboxylic acids is 1. The molecule has 0 bridgehead atoms. The number of hydrogen-bond donors (Lipinski definition) is 1. The van der Waals surface area contributed by atoms with E-state index in [1.165, 1.54) is 0 Å². The van der Waals surface area contributed by atoms with Gasteiger partial charge in [0.25, 0.3) is 0 Å². The van der Waals surface area contributed by atoms with Crippen molar-refractivity contribution in [2.24, 2.45) is 0 Å². The Morgan fingerprint density at radius 1 is 1.43 bits per heavy atom. The summed E-state index contributed by atoms with van der Waals surface area (Å²) in [5.74, 6) is 0.0715. The summed E-state index contributed by atoms with van der Waals surface area (Å²) in [7, 11) is 4.26. The third kappa shape index (κ3) is 4.04. The zero-order chi connectivity index (χ0) is 15.4. The van der Waals surface area contributed by atoms with Crippen LogP contribution in [0, 0.1) is 6.92 Å². The fourth-order valence-electron chi connectivity index (χ4n) is 2.77. The van der Waals surface area contributed by atoms with Crippen LogP contribution in [-0.2, 0) is 4.79 Å². The van der Waals surface area contributed by atoms with Gasteiger partial charge in [0.15, 0.2) is 0 Å². The smallest absolute Gasteiger partial charge is 0.328 e. The van der Waals surface area contributed by atoms with Crippen molar-refractivity contribution in [3.8, 4) is 0 Å². The summed E-state index contributed by atoms with van der Waals surface area (Å²) in [5, 5.41) is 8.65. The lowest BCUT2D eigenvalue weighted by Gasteiger charge is -2.36. The first kappa shape index (κ1) is 15.5. The molecule has 5 heteroatoms. The summed E-state index contributed by atoms with van der Waals surface area (Å²) in [4.78, 5) is 19.7. The molecule has 2 rings (SSSR count). The van der Waals surface area contributed by atoms with Crippen molar-refractivity contribution in [3.05, 3.63) is 29.5 Å². The number of carboxylic acids is 1. The van der Waals surface area contributed by atoms with Gasteiger partial charge in [0.1, 0.15) is 5.82 Å². The Kier molecular flexibility index (Phi) is 4.96. The van der Waals surface area contributed by atoms with Crippen LogP contribution >= 0.6 is 0 Å². The van der Waals surface area contributed by atoms with Crippen LogP contribution in [0.1, 0.15) is 24.0 Å². The number of aryl methyl sites for hydroxylation is 1. The van der Waals surface area contributed by atoms with Gasteiger partial charge < -0.3 is 14.9 Å². The lowest BCUT2D eigenvalue weighted by Crippen LogP contribution is -2.42. The highest BCUT2D eigenvalue weighted by molar-refractivity contribution is 5.85. The Bertz CT molecular complexity index is 532. The van der Waals surface area contributed by atoms with Gasteiger partial charge in [0, 0.05) is 31.4 Å². The van der Waals surface area contributed by atoms with Gasteiger partial charge in [-0.25, -0.2) is 9.78 Å². The molecule has 0 atom stereocenters. The number of piperidine rings is 1. The summed E-state index contributed by atoms with van der Waals surface area (Å²) in [6, 6.07) is 2.64. The molecule has 0 radical (unpaired) electrons. The second-order valence-corrected chi connectivity index (χ2v) is 5.76. The number of carbonyl (C=O) groups is 1. The van der Waals surface area contributed by atoms with Crippen molar-refractivity contribution in [2.75, 3.05) is 32.1 Å². The van der Waals surface area contributed by atoms with Crippen molar-refractivity contribution in [1.82, 2.24) is 9.88 Å². The maximum absolute atomic E-state index is 10.5. The van der Waals surface area contributed by atoms with Gasteiger partial charge in [-0.05, 0) is 57.1 Å². The van der Waals surface area contributed by atoms with Crippen LogP contribution in [0.5, 0.6) is 0 Å². The van der Waals surface area contributed by atoms with E-state index >= 15 is 0 Å². The highest BCUT2D eigenvalue weighted by Crippen LogP contribution is 2.23. The summed E-state index contributed by atoms with van der Waals surface area (Å²) >= 11 is 0. The number of hydrogen-bond acceptors (Lipinski definition) is 4. The minimum Gasteiger partial charge on any atom is -0.478 e. The fourth-order valence-corrected chi connectivity index (χ4v) is 2.77. The normalized spacial score (nSPS) is 16.9. The molecule has 114 valence electrons. The van der Waals surface area contributed by atoms with Crippen molar-refractivity contribution in [1.29, 1.82) is 0 Å². The fraction of sp³-hybridized carbons (Fsp3) is 0.500. The quantitative estimate of drug-likeness (QED) is 0.859. The van der Waals surface area contributed by atoms with Crippen LogP contribution in [0.4, 0.5) is 5.82 Å². The van der Waals surface area contributed by atoms with Gasteiger partial charge in [-0.3, -0.25) is 0 Å². The van der Waals surface area contributed by atoms with E-state index in [4.69, 9.17) is 5.11 Å². The van der Waals surface area contributed by atoms with E-state index in [1.54, 1.807) is 12.3 Å². The average molecular weight is 289 g/mol. The molecule has 0 aromatic carbocycles. The van der Waals surface area contributed by atoms with E-state index in [1.807, 2.05) is 13.0 Å². The molecule has 2 heterocycles. The Hall–Kier alpha value is -1.88. The second-order valence-electron chi connectivity index (χ2n) is 5.76. The molecule has 21 heavy (non-hydrogen) atoms. The molecule has 0 saturated carbocycles. The highest BCUT2D eigenvalue weighted by Gasteiger charge is 2.22. The Morgan fingerprint density at radius 3 is 2.62 bits per heavy atom. The van der Waals surface area contributed by atoms with Crippen LogP contribution < -0.4 is 4.90 Å². The summed E-state index contributed by atoms with van der Waals surface area (Å²) in [6.07, 6.45) is 6.74. The van der Waals surface area contributed by atoms with Crippen LogP contribution in [0.25, 0.3) is 6.08 Å². The minimum absolute atomic E-state index is 0.652.